The Labute approximate surface area is 167 Å². The van der Waals surface area contributed by atoms with Crippen molar-refractivity contribution in [2.75, 3.05) is 18.4 Å². The highest BCUT2D eigenvalue weighted by molar-refractivity contribution is 6.30. The number of pyridine rings is 1. The van der Waals surface area contributed by atoms with E-state index in [9.17, 15) is 9.59 Å². The third kappa shape index (κ3) is 4.75. The molecule has 0 spiro atoms. The molecule has 28 heavy (non-hydrogen) atoms. The highest BCUT2D eigenvalue weighted by Gasteiger charge is 2.40. The summed E-state index contributed by atoms with van der Waals surface area (Å²) in [6.07, 6.45) is 5.85. The number of halogens is 1. The third-order valence-corrected chi connectivity index (χ3v) is 4.87. The highest BCUT2D eigenvalue weighted by Crippen LogP contribution is 2.27. The molecule has 1 saturated heterocycles. The number of aromatic nitrogens is 1. The Hall–Kier alpha value is -2.74. The first kappa shape index (κ1) is 20.0. The van der Waals surface area contributed by atoms with Gasteiger partial charge in [0.05, 0.1) is 0 Å². The molecule has 0 aliphatic carbocycles. The molecule has 0 radical (unpaired) electrons. The Morgan fingerprint density at radius 2 is 2.00 bits per heavy atom. The van der Waals surface area contributed by atoms with Crippen LogP contribution in [0.15, 0.2) is 48.7 Å². The van der Waals surface area contributed by atoms with Gasteiger partial charge in [-0.1, -0.05) is 11.6 Å². The lowest BCUT2D eigenvalue weighted by Gasteiger charge is -2.37. The number of hydrogen-bond donors (Lipinski definition) is 4. The summed E-state index contributed by atoms with van der Waals surface area (Å²) < 4.78 is 0. The van der Waals surface area contributed by atoms with Gasteiger partial charge < -0.3 is 10.6 Å². The van der Waals surface area contributed by atoms with Gasteiger partial charge in [0.1, 0.15) is 11.4 Å². The summed E-state index contributed by atoms with van der Waals surface area (Å²) in [6.45, 7) is 1.36. The van der Waals surface area contributed by atoms with Crippen LogP contribution in [0.3, 0.4) is 0 Å². The van der Waals surface area contributed by atoms with Gasteiger partial charge in [-0.05, 0) is 67.4 Å². The Balaban J connectivity index is 1.80. The lowest BCUT2D eigenvalue weighted by atomic mass is 9.82. The molecule has 1 fully saturated rings. The molecule has 1 aliphatic heterocycles. The van der Waals surface area contributed by atoms with Gasteiger partial charge in [0.15, 0.2) is 5.78 Å². The van der Waals surface area contributed by atoms with Crippen LogP contribution in [0.5, 0.6) is 0 Å². The van der Waals surface area contributed by atoms with E-state index in [1.165, 1.54) is 17.6 Å². The monoisotopic (exact) mass is 400 g/mol. The van der Waals surface area contributed by atoms with Crippen LogP contribution >= 0.6 is 11.6 Å². The summed E-state index contributed by atoms with van der Waals surface area (Å²) in [4.78, 5) is 28.7. The quantitative estimate of drug-likeness (QED) is 0.257. The van der Waals surface area contributed by atoms with Crippen molar-refractivity contribution in [3.05, 3.63) is 64.8 Å². The molecule has 1 atom stereocenters. The minimum absolute atomic E-state index is 0.0123. The molecule has 7 nitrogen and oxygen atoms in total. The highest BCUT2D eigenvalue weighted by atomic mass is 35.5. The molecule has 146 valence electrons. The summed E-state index contributed by atoms with van der Waals surface area (Å²) in [5, 5.41) is 15.7. The van der Waals surface area contributed by atoms with Crippen molar-refractivity contribution in [3.8, 4) is 0 Å². The molecule has 2 heterocycles. The second kappa shape index (κ2) is 8.97. The van der Waals surface area contributed by atoms with Crippen LogP contribution in [0.4, 0.5) is 5.82 Å². The van der Waals surface area contributed by atoms with Crippen LogP contribution in [0.2, 0.25) is 5.02 Å². The first-order valence-corrected chi connectivity index (χ1v) is 9.28. The topological polar surface area (TPSA) is 103 Å². The molecule has 8 heteroatoms. The summed E-state index contributed by atoms with van der Waals surface area (Å²) in [5.74, 6) is -0.0699. The SMILES string of the molecule is O=C(C=Cc1ccc(N[C@]2(C(=O)c3ccc(Cl)cc3)CCCNC2)nc1)NO. The van der Waals surface area contributed by atoms with Gasteiger partial charge in [-0.3, -0.25) is 14.8 Å². The second-order valence-corrected chi connectivity index (χ2v) is 7.05. The minimum Gasteiger partial charge on any atom is -0.356 e. The molecule has 0 saturated carbocycles. The largest absolute Gasteiger partial charge is 0.356 e. The van der Waals surface area contributed by atoms with Crippen LogP contribution in [-0.2, 0) is 4.79 Å². The number of ketones is 1. The van der Waals surface area contributed by atoms with Crippen LogP contribution in [0.1, 0.15) is 28.8 Å². The van der Waals surface area contributed by atoms with Gasteiger partial charge >= 0.3 is 0 Å². The Kier molecular flexibility index (Phi) is 6.41. The average Bonchev–Trinajstić information content (AvgIpc) is 2.73. The van der Waals surface area contributed by atoms with E-state index in [1.807, 2.05) is 0 Å². The normalized spacial score (nSPS) is 19.4. The lowest BCUT2D eigenvalue weighted by Crippen LogP contribution is -2.57. The molecular formula is C20H21ClN4O3. The van der Waals surface area contributed by atoms with Crippen molar-refractivity contribution in [1.82, 2.24) is 15.8 Å². The molecule has 1 aromatic heterocycles. The summed E-state index contributed by atoms with van der Waals surface area (Å²) in [6, 6.07) is 10.4. The van der Waals surface area contributed by atoms with E-state index >= 15 is 0 Å². The van der Waals surface area contributed by atoms with Gasteiger partial charge in [0.25, 0.3) is 5.91 Å². The first-order chi connectivity index (χ1) is 13.5. The summed E-state index contributed by atoms with van der Waals surface area (Å²) >= 11 is 5.94. The van der Waals surface area contributed by atoms with Gasteiger partial charge in [-0.2, -0.15) is 0 Å². The average molecular weight is 401 g/mol. The van der Waals surface area contributed by atoms with E-state index in [4.69, 9.17) is 16.8 Å². The van der Waals surface area contributed by atoms with E-state index in [2.05, 4.69) is 15.6 Å². The fourth-order valence-corrected chi connectivity index (χ4v) is 3.30. The molecule has 2 aromatic rings. The summed E-state index contributed by atoms with van der Waals surface area (Å²) in [7, 11) is 0. The molecule has 0 unspecified atom stereocenters. The van der Waals surface area contributed by atoms with Crippen LogP contribution in [-0.4, -0.2) is 40.5 Å². The maximum Gasteiger partial charge on any atom is 0.267 e. The molecule has 4 N–H and O–H groups in total. The number of nitrogens with zero attached hydrogens (tertiary/aromatic N) is 1. The van der Waals surface area contributed by atoms with Gasteiger partial charge in [-0.15, -0.1) is 0 Å². The fourth-order valence-electron chi connectivity index (χ4n) is 3.17. The second-order valence-electron chi connectivity index (χ2n) is 6.61. The zero-order valence-corrected chi connectivity index (χ0v) is 15.9. The number of amides is 1. The minimum atomic E-state index is -0.798. The maximum atomic E-state index is 13.3. The number of hydroxylamine groups is 1. The standard InChI is InChI=1S/C20H21ClN4O3/c21-16-6-4-15(5-7-16)19(27)20(10-1-11-22-13-20)24-17-8-2-14(12-23-17)3-9-18(26)25-28/h2-9,12,22,28H,1,10-11,13H2,(H,23,24)(H,25,26)/t20-/m1/s1. The molecule has 3 rings (SSSR count). The number of benzene rings is 1. The van der Waals surface area contributed by atoms with E-state index in [1.54, 1.807) is 42.6 Å². The molecule has 1 aromatic carbocycles. The summed E-state index contributed by atoms with van der Waals surface area (Å²) in [5.41, 5.74) is 2.01. The van der Waals surface area contributed by atoms with Crippen LogP contribution in [0, 0.1) is 0 Å². The number of anilines is 1. The smallest absolute Gasteiger partial charge is 0.267 e. The molecule has 1 amide bonds. The van der Waals surface area contributed by atoms with Crippen LogP contribution in [0.25, 0.3) is 6.08 Å². The third-order valence-electron chi connectivity index (χ3n) is 4.62. The van der Waals surface area contributed by atoms with Crippen molar-refractivity contribution in [2.24, 2.45) is 0 Å². The maximum absolute atomic E-state index is 13.3. The number of Topliss-reactive ketones (excluding diaryl/α,β-unsaturated/α-hetero) is 1. The zero-order chi connectivity index (χ0) is 20.0. The number of carbonyl (C=O) groups excluding carboxylic acids is 2. The van der Waals surface area contributed by atoms with Crippen molar-refractivity contribution in [2.45, 2.75) is 18.4 Å². The lowest BCUT2D eigenvalue weighted by molar-refractivity contribution is -0.124. The number of hydrogen-bond acceptors (Lipinski definition) is 6. The molecule has 1 aliphatic rings. The zero-order valence-electron chi connectivity index (χ0n) is 15.1. The predicted octanol–water partition coefficient (Wildman–Crippen LogP) is 2.67. The van der Waals surface area contributed by atoms with Gasteiger partial charge in [0, 0.05) is 29.4 Å². The van der Waals surface area contributed by atoms with Crippen LogP contribution < -0.4 is 16.1 Å². The Morgan fingerprint density at radius 3 is 2.61 bits per heavy atom. The number of piperidine rings is 1. The van der Waals surface area contributed by atoms with E-state index in [-0.39, 0.29) is 5.78 Å². The number of rotatable bonds is 6. The van der Waals surface area contributed by atoms with Gasteiger partial charge in [0.2, 0.25) is 0 Å². The molecule has 0 bridgehead atoms. The van der Waals surface area contributed by atoms with E-state index in [0.29, 0.717) is 34.9 Å². The Bertz CT molecular complexity index is 860. The van der Waals surface area contributed by atoms with Crippen molar-refractivity contribution in [1.29, 1.82) is 0 Å². The predicted molar refractivity (Wildman–Crippen MR) is 107 cm³/mol. The fraction of sp³-hybridized carbons (Fsp3) is 0.250. The van der Waals surface area contributed by atoms with Crippen molar-refractivity contribution < 1.29 is 14.8 Å². The van der Waals surface area contributed by atoms with Crippen molar-refractivity contribution in [3.63, 3.8) is 0 Å². The van der Waals surface area contributed by atoms with E-state index < -0.39 is 11.4 Å². The number of nitrogens with one attached hydrogen (secondary N) is 3. The van der Waals surface area contributed by atoms with E-state index in [0.717, 1.165) is 13.0 Å². The first-order valence-electron chi connectivity index (χ1n) is 8.90. The Morgan fingerprint density at radius 1 is 1.21 bits per heavy atom. The van der Waals surface area contributed by atoms with Gasteiger partial charge in [-0.25, -0.2) is 10.5 Å². The number of carbonyl (C=O) groups is 2. The van der Waals surface area contributed by atoms with Crippen molar-refractivity contribution >= 4 is 35.2 Å². The molecular weight excluding hydrogens is 380 g/mol.